The van der Waals surface area contributed by atoms with E-state index in [4.69, 9.17) is 5.73 Å². The Morgan fingerprint density at radius 1 is 1.10 bits per heavy atom. The fraction of sp³-hybridized carbons (Fsp3) is 0.133. The van der Waals surface area contributed by atoms with Crippen LogP contribution in [0.5, 0.6) is 0 Å². The number of nitrogens with zero attached hydrogens (tertiary/aromatic N) is 3. The second kappa shape index (κ2) is 5.64. The van der Waals surface area contributed by atoms with Crippen molar-refractivity contribution in [1.82, 2.24) is 15.0 Å². The zero-order valence-electron chi connectivity index (χ0n) is 10.8. The summed E-state index contributed by atoms with van der Waals surface area (Å²) >= 11 is 3.54. The first-order valence-electron chi connectivity index (χ1n) is 6.34. The lowest BCUT2D eigenvalue weighted by Crippen LogP contribution is -2.04. The molecule has 20 heavy (non-hydrogen) atoms. The normalized spacial score (nSPS) is 10.9. The van der Waals surface area contributed by atoms with Crippen molar-refractivity contribution in [3.63, 3.8) is 0 Å². The molecule has 100 valence electrons. The lowest BCUT2D eigenvalue weighted by Gasteiger charge is -2.05. The summed E-state index contributed by atoms with van der Waals surface area (Å²) in [6.07, 6.45) is 4.39. The van der Waals surface area contributed by atoms with Gasteiger partial charge in [0.15, 0.2) is 5.82 Å². The Balaban J connectivity index is 2.06. The van der Waals surface area contributed by atoms with E-state index >= 15 is 0 Å². The number of hydrogen-bond donors (Lipinski definition) is 1. The Kier molecular flexibility index (Phi) is 3.71. The first-order chi connectivity index (χ1) is 9.78. The van der Waals surface area contributed by atoms with Crippen molar-refractivity contribution in [3.8, 4) is 11.5 Å². The molecule has 5 heteroatoms. The van der Waals surface area contributed by atoms with Gasteiger partial charge in [-0.2, -0.15) is 0 Å². The molecule has 0 aliphatic carbocycles. The van der Waals surface area contributed by atoms with E-state index in [9.17, 15) is 0 Å². The molecule has 2 N–H and O–H groups in total. The molecule has 0 saturated heterocycles. The fourth-order valence-corrected chi connectivity index (χ4v) is 2.53. The van der Waals surface area contributed by atoms with Crippen molar-refractivity contribution in [2.45, 2.75) is 6.42 Å². The molecule has 0 bridgehead atoms. The van der Waals surface area contributed by atoms with E-state index < -0.39 is 0 Å². The lowest BCUT2D eigenvalue weighted by atomic mass is 10.2. The molecule has 1 aromatic carbocycles. The standard InChI is InChI=1S/C15H13BrN4/c16-12-7-11-3-1-2-4-13(11)20-14(12)15-18-8-10(5-6-17)9-19-15/h1-4,7-9H,5-6,17H2. The summed E-state index contributed by atoms with van der Waals surface area (Å²) < 4.78 is 0.891. The van der Waals surface area contributed by atoms with Gasteiger partial charge in [-0.3, -0.25) is 0 Å². The molecule has 0 saturated carbocycles. The smallest absolute Gasteiger partial charge is 0.179 e. The Morgan fingerprint density at radius 3 is 2.60 bits per heavy atom. The van der Waals surface area contributed by atoms with E-state index in [0.29, 0.717) is 12.4 Å². The zero-order valence-corrected chi connectivity index (χ0v) is 12.3. The van der Waals surface area contributed by atoms with Gasteiger partial charge in [-0.1, -0.05) is 18.2 Å². The largest absolute Gasteiger partial charge is 0.330 e. The number of hydrogen-bond acceptors (Lipinski definition) is 4. The van der Waals surface area contributed by atoms with Crippen LogP contribution < -0.4 is 5.73 Å². The van der Waals surface area contributed by atoms with Crippen LogP contribution in [0.2, 0.25) is 0 Å². The van der Waals surface area contributed by atoms with Crippen molar-refractivity contribution in [1.29, 1.82) is 0 Å². The van der Waals surface area contributed by atoms with Crippen molar-refractivity contribution in [2.24, 2.45) is 5.73 Å². The van der Waals surface area contributed by atoms with Gasteiger partial charge in [0.25, 0.3) is 0 Å². The summed E-state index contributed by atoms with van der Waals surface area (Å²) in [6, 6.07) is 10.0. The fourth-order valence-electron chi connectivity index (χ4n) is 2.02. The summed E-state index contributed by atoms with van der Waals surface area (Å²) in [5, 5.41) is 1.09. The topological polar surface area (TPSA) is 64.7 Å². The number of nitrogens with two attached hydrogens (primary N) is 1. The van der Waals surface area contributed by atoms with Crippen LogP contribution in [-0.2, 0) is 6.42 Å². The Hall–Kier alpha value is -1.85. The van der Waals surface area contributed by atoms with Gasteiger partial charge in [-0.15, -0.1) is 0 Å². The van der Waals surface area contributed by atoms with Crippen LogP contribution in [0.1, 0.15) is 5.56 Å². The second-order valence-electron chi connectivity index (χ2n) is 4.47. The molecular weight excluding hydrogens is 316 g/mol. The first-order valence-corrected chi connectivity index (χ1v) is 7.14. The summed E-state index contributed by atoms with van der Waals surface area (Å²) in [4.78, 5) is 13.4. The molecule has 0 aliphatic heterocycles. The van der Waals surface area contributed by atoms with Crippen molar-refractivity contribution < 1.29 is 0 Å². The van der Waals surface area contributed by atoms with Gasteiger partial charge in [0.2, 0.25) is 0 Å². The van der Waals surface area contributed by atoms with Crippen LogP contribution in [0.15, 0.2) is 47.2 Å². The molecule has 0 spiro atoms. The van der Waals surface area contributed by atoms with E-state index in [0.717, 1.165) is 33.1 Å². The number of rotatable bonds is 3. The van der Waals surface area contributed by atoms with Gasteiger partial charge in [-0.25, -0.2) is 15.0 Å². The first kappa shape index (κ1) is 13.1. The van der Waals surface area contributed by atoms with Gasteiger partial charge in [0.05, 0.1) is 5.52 Å². The monoisotopic (exact) mass is 328 g/mol. The quantitative estimate of drug-likeness (QED) is 0.802. The zero-order chi connectivity index (χ0) is 13.9. The Labute approximate surface area is 125 Å². The average molecular weight is 329 g/mol. The highest BCUT2D eigenvalue weighted by Crippen LogP contribution is 2.27. The molecule has 0 atom stereocenters. The number of aromatic nitrogens is 3. The lowest BCUT2D eigenvalue weighted by molar-refractivity contribution is 0.941. The van der Waals surface area contributed by atoms with Gasteiger partial charge in [-0.05, 0) is 46.6 Å². The van der Waals surface area contributed by atoms with Crippen LogP contribution in [0.4, 0.5) is 0 Å². The summed E-state index contributed by atoms with van der Waals surface area (Å²) in [7, 11) is 0. The number of benzene rings is 1. The summed E-state index contributed by atoms with van der Waals surface area (Å²) in [5.74, 6) is 0.614. The molecule has 3 rings (SSSR count). The molecule has 0 fully saturated rings. The number of halogens is 1. The van der Waals surface area contributed by atoms with E-state index in [1.165, 1.54) is 0 Å². The van der Waals surface area contributed by atoms with Gasteiger partial charge in [0, 0.05) is 22.3 Å². The third kappa shape index (κ3) is 2.55. The minimum Gasteiger partial charge on any atom is -0.330 e. The summed E-state index contributed by atoms with van der Waals surface area (Å²) in [5.41, 5.74) is 8.24. The van der Waals surface area contributed by atoms with Crippen molar-refractivity contribution in [2.75, 3.05) is 6.54 Å². The average Bonchev–Trinajstić information content (AvgIpc) is 2.48. The van der Waals surface area contributed by atoms with Gasteiger partial charge >= 0.3 is 0 Å². The maximum Gasteiger partial charge on any atom is 0.179 e. The molecule has 2 aromatic heterocycles. The molecule has 4 nitrogen and oxygen atoms in total. The predicted octanol–water partition coefficient (Wildman–Crippen LogP) is 2.96. The highest BCUT2D eigenvalue weighted by atomic mass is 79.9. The van der Waals surface area contributed by atoms with Crippen LogP contribution in [0.3, 0.4) is 0 Å². The molecule has 2 heterocycles. The number of fused-ring (bicyclic) bond motifs is 1. The molecule has 0 aliphatic rings. The Bertz CT molecular complexity index is 740. The maximum absolute atomic E-state index is 5.52. The summed E-state index contributed by atoms with van der Waals surface area (Å²) in [6.45, 7) is 0.598. The molecule has 0 unspecified atom stereocenters. The van der Waals surface area contributed by atoms with Crippen LogP contribution in [0, 0.1) is 0 Å². The highest BCUT2D eigenvalue weighted by Gasteiger charge is 2.09. The third-order valence-electron chi connectivity index (χ3n) is 3.03. The van der Waals surface area contributed by atoms with Crippen LogP contribution in [-0.4, -0.2) is 21.5 Å². The number of pyridine rings is 1. The van der Waals surface area contributed by atoms with Crippen molar-refractivity contribution >= 4 is 26.8 Å². The van der Waals surface area contributed by atoms with Gasteiger partial charge in [0.1, 0.15) is 5.69 Å². The number of para-hydroxylation sites is 1. The van der Waals surface area contributed by atoms with E-state index in [2.05, 4.69) is 30.9 Å². The molecular formula is C15H13BrN4. The molecule has 0 radical (unpaired) electrons. The minimum absolute atomic E-state index is 0.598. The van der Waals surface area contributed by atoms with Crippen LogP contribution in [0.25, 0.3) is 22.4 Å². The Morgan fingerprint density at radius 2 is 1.85 bits per heavy atom. The van der Waals surface area contributed by atoms with E-state index in [1.807, 2.05) is 30.3 Å². The van der Waals surface area contributed by atoms with E-state index in [-0.39, 0.29) is 0 Å². The second-order valence-corrected chi connectivity index (χ2v) is 5.32. The predicted molar refractivity (Wildman–Crippen MR) is 83.2 cm³/mol. The third-order valence-corrected chi connectivity index (χ3v) is 3.63. The highest BCUT2D eigenvalue weighted by molar-refractivity contribution is 9.10. The minimum atomic E-state index is 0.598. The van der Waals surface area contributed by atoms with Crippen LogP contribution >= 0.6 is 15.9 Å². The molecule has 3 aromatic rings. The van der Waals surface area contributed by atoms with Crippen molar-refractivity contribution in [3.05, 3.63) is 52.8 Å². The van der Waals surface area contributed by atoms with Gasteiger partial charge < -0.3 is 5.73 Å². The van der Waals surface area contributed by atoms with E-state index in [1.54, 1.807) is 12.4 Å². The maximum atomic E-state index is 5.52. The molecule has 0 amide bonds. The SMILES string of the molecule is NCCc1cnc(-c2nc3ccccc3cc2Br)nc1.